The van der Waals surface area contributed by atoms with E-state index in [1.54, 1.807) is 6.20 Å². The van der Waals surface area contributed by atoms with Crippen LogP contribution in [0.15, 0.2) is 60.9 Å². The third kappa shape index (κ3) is 2.97. The van der Waals surface area contributed by atoms with E-state index in [1.165, 1.54) is 0 Å². The Kier molecular flexibility index (Phi) is 4.12. The molecule has 4 heterocycles. The topological polar surface area (TPSA) is 63.9 Å². The molecule has 0 bridgehead atoms. The van der Waals surface area contributed by atoms with E-state index in [-0.39, 0.29) is 11.9 Å². The van der Waals surface area contributed by atoms with E-state index in [1.807, 2.05) is 61.2 Å². The Morgan fingerprint density at radius 2 is 1.79 bits per heavy atom. The second-order valence-corrected chi connectivity index (χ2v) is 7.38. The van der Waals surface area contributed by atoms with Crippen LogP contribution >= 0.6 is 0 Å². The molecule has 1 aromatic carbocycles. The molecule has 1 amide bonds. The lowest BCUT2D eigenvalue weighted by atomic mass is 10.0. The zero-order valence-corrected chi connectivity index (χ0v) is 16.4. The van der Waals surface area contributed by atoms with Crippen LogP contribution in [0.5, 0.6) is 0 Å². The number of fused-ring (bicyclic) bond motifs is 2. The highest BCUT2D eigenvalue weighted by atomic mass is 16.2. The molecule has 6 nitrogen and oxygen atoms in total. The fourth-order valence-electron chi connectivity index (χ4n) is 3.98. The minimum absolute atomic E-state index is 0.0185. The number of hydrogen-bond donors (Lipinski definition) is 0. The predicted molar refractivity (Wildman–Crippen MR) is 111 cm³/mol. The maximum absolute atomic E-state index is 13.6. The van der Waals surface area contributed by atoms with E-state index in [9.17, 15) is 4.79 Å². The third-order valence-electron chi connectivity index (χ3n) is 5.59. The molecule has 3 aromatic heterocycles. The zero-order chi connectivity index (χ0) is 20.0. The number of amides is 1. The van der Waals surface area contributed by atoms with Crippen LogP contribution < -0.4 is 0 Å². The average Bonchev–Trinajstić information content (AvgIpc) is 3.22. The van der Waals surface area contributed by atoms with Crippen LogP contribution in [0, 0.1) is 13.8 Å². The van der Waals surface area contributed by atoms with Crippen molar-refractivity contribution >= 4 is 16.9 Å². The highest BCUT2D eigenvalue weighted by molar-refractivity contribution is 5.97. The number of pyridine rings is 1. The minimum atomic E-state index is -0.214. The molecule has 1 aliphatic heterocycles. The quantitative estimate of drug-likeness (QED) is 0.530. The van der Waals surface area contributed by atoms with Crippen LogP contribution in [0.4, 0.5) is 0 Å². The van der Waals surface area contributed by atoms with E-state index in [4.69, 9.17) is 0 Å². The number of aryl methyl sites for hydroxylation is 2. The molecule has 0 saturated carbocycles. The monoisotopic (exact) mass is 383 g/mol. The van der Waals surface area contributed by atoms with Crippen LogP contribution in [0.3, 0.4) is 0 Å². The maximum atomic E-state index is 13.6. The van der Waals surface area contributed by atoms with Crippen molar-refractivity contribution in [2.24, 2.45) is 0 Å². The summed E-state index contributed by atoms with van der Waals surface area (Å²) in [6.45, 7) is 5.27. The van der Waals surface area contributed by atoms with Gasteiger partial charge in [0.05, 0.1) is 28.1 Å². The normalized spacial score (nSPS) is 16.1. The van der Waals surface area contributed by atoms with Gasteiger partial charge in [-0.15, -0.1) is 0 Å². The Hall–Kier alpha value is -3.54. The Labute approximate surface area is 168 Å². The second-order valence-electron chi connectivity index (χ2n) is 7.38. The molecule has 1 aliphatic rings. The Morgan fingerprint density at radius 3 is 2.59 bits per heavy atom. The molecule has 144 valence electrons. The van der Waals surface area contributed by atoms with Crippen LogP contribution in [0.25, 0.3) is 11.0 Å². The summed E-state index contributed by atoms with van der Waals surface area (Å²) in [5, 5.41) is 0. The Morgan fingerprint density at radius 1 is 0.966 bits per heavy atom. The fourth-order valence-corrected chi connectivity index (χ4v) is 3.98. The summed E-state index contributed by atoms with van der Waals surface area (Å²) in [4.78, 5) is 29.2. The molecule has 6 heteroatoms. The van der Waals surface area contributed by atoms with E-state index >= 15 is 0 Å². The van der Waals surface area contributed by atoms with Gasteiger partial charge in [0.25, 0.3) is 5.91 Å². The molecule has 0 fully saturated rings. The zero-order valence-electron chi connectivity index (χ0n) is 16.4. The van der Waals surface area contributed by atoms with Gasteiger partial charge < -0.3 is 9.47 Å². The van der Waals surface area contributed by atoms with Gasteiger partial charge in [-0.05, 0) is 56.3 Å². The first-order valence-electron chi connectivity index (χ1n) is 9.74. The van der Waals surface area contributed by atoms with Crippen LogP contribution in [-0.4, -0.2) is 36.9 Å². The summed E-state index contributed by atoms with van der Waals surface area (Å²) in [6.07, 6.45) is 3.83. The molecule has 5 rings (SSSR count). The largest absolute Gasteiger partial charge is 0.347 e. The van der Waals surface area contributed by atoms with Crippen molar-refractivity contribution in [2.45, 2.75) is 26.4 Å². The van der Waals surface area contributed by atoms with Crippen molar-refractivity contribution in [1.82, 2.24) is 24.4 Å². The molecule has 1 unspecified atom stereocenters. The molecule has 0 N–H and O–H groups in total. The standard InChI is InChI=1S/C23H21N5O/c1-15-16(2)26-20-14-17(8-9-18(20)25-15)23(29)28-13-12-27-11-5-7-21(27)22(28)19-6-3-4-10-24-19/h3-11,14,22H,12-13H2,1-2H3. The number of carbonyl (C=O) groups excluding carboxylic acids is 1. The molecule has 4 aromatic rings. The first kappa shape index (κ1) is 17.6. The van der Waals surface area contributed by atoms with Gasteiger partial charge in [-0.2, -0.15) is 0 Å². The lowest BCUT2D eigenvalue weighted by Gasteiger charge is -2.36. The minimum Gasteiger partial charge on any atom is -0.347 e. The van der Waals surface area contributed by atoms with Crippen LogP contribution in [0.2, 0.25) is 0 Å². The van der Waals surface area contributed by atoms with E-state index in [0.29, 0.717) is 12.1 Å². The molecule has 1 atom stereocenters. The van der Waals surface area contributed by atoms with E-state index in [0.717, 1.165) is 40.4 Å². The van der Waals surface area contributed by atoms with Crippen LogP contribution in [0.1, 0.15) is 39.2 Å². The van der Waals surface area contributed by atoms with Gasteiger partial charge in [-0.25, -0.2) is 9.97 Å². The van der Waals surface area contributed by atoms with Gasteiger partial charge in [-0.3, -0.25) is 9.78 Å². The summed E-state index contributed by atoms with van der Waals surface area (Å²) >= 11 is 0. The lowest BCUT2D eigenvalue weighted by molar-refractivity contribution is 0.0660. The van der Waals surface area contributed by atoms with Gasteiger partial charge in [0.15, 0.2) is 0 Å². The summed E-state index contributed by atoms with van der Waals surface area (Å²) in [5.74, 6) is -0.0185. The number of rotatable bonds is 2. The molecule has 0 aliphatic carbocycles. The van der Waals surface area contributed by atoms with Gasteiger partial charge in [0.1, 0.15) is 6.04 Å². The van der Waals surface area contributed by atoms with Crippen LogP contribution in [-0.2, 0) is 6.54 Å². The molecular formula is C23H21N5O. The maximum Gasteiger partial charge on any atom is 0.254 e. The highest BCUT2D eigenvalue weighted by Gasteiger charge is 2.33. The molecule has 0 spiro atoms. The molecule has 0 saturated heterocycles. The van der Waals surface area contributed by atoms with Crippen molar-refractivity contribution in [3.05, 3.63) is 89.3 Å². The van der Waals surface area contributed by atoms with Gasteiger partial charge >= 0.3 is 0 Å². The molecular weight excluding hydrogens is 362 g/mol. The summed E-state index contributed by atoms with van der Waals surface area (Å²) < 4.78 is 2.20. The number of aromatic nitrogens is 4. The number of carbonyl (C=O) groups is 1. The summed E-state index contributed by atoms with van der Waals surface area (Å²) in [7, 11) is 0. The molecule has 0 radical (unpaired) electrons. The lowest BCUT2D eigenvalue weighted by Crippen LogP contribution is -2.42. The van der Waals surface area contributed by atoms with Crippen molar-refractivity contribution in [3.8, 4) is 0 Å². The molecule has 29 heavy (non-hydrogen) atoms. The SMILES string of the molecule is Cc1nc2ccc(C(=O)N3CCn4cccc4C3c3ccccn3)cc2nc1C. The number of benzene rings is 1. The van der Waals surface area contributed by atoms with Crippen molar-refractivity contribution in [3.63, 3.8) is 0 Å². The first-order chi connectivity index (χ1) is 14.1. The third-order valence-corrected chi connectivity index (χ3v) is 5.59. The fraction of sp³-hybridized carbons (Fsp3) is 0.217. The average molecular weight is 383 g/mol. The Balaban J connectivity index is 1.58. The van der Waals surface area contributed by atoms with Gasteiger partial charge in [0.2, 0.25) is 0 Å². The van der Waals surface area contributed by atoms with Crippen molar-refractivity contribution in [1.29, 1.82) is 0 Å². The smallest absolute Gasteiger partial charge is 0.254 e. The predicted octanol–water partition coefficient (Wildman–Crippen LogP) is 3.69. The highest BCUT2D eigenvalue weighted by Crippen LogP contribution is 2.32. The van der Waals surface area contributed by atoms with Gasteiger partial charge in [-0.1, -0.05) is 6.07 Å². The van der Waals surface area contributed by atoms with E-state index < -0.39 is 0 Å². The number of nitrogens with zero attached hydrogens (tertiary/aromatic N) is 5. The second kappa shape index (κ2) is 6.81. The van der Waals surface area contributed by atoms with E-state index in [2.05, 4.69) is 31.8 Å². The van der Waals surface area contributed by atoms with Gasteiger partial charge in [0, 0.05) is 36.7 Å². The van der Waals surface area contributed by atoms with Crippen molar-refractivity contribution < 1.29 is 4.79 Å². The van der Waals surface area contributed by atoms with Crippen molar-refractivity contribution in [2.75, 3.05) is 6.54 Å². The summed E-state index contributed by atoms with van der Waals surface area (Å²) in [5.41, 5.74) is 5.90. The Bertz CT molecular complexity index is 1210. The summed E-state index contributed by atoms with van der Waals surface area (Å²) in [6, 6.07) is 15.3. The first-order valence-corrected chi connectivity index (χ1v) is 9.74. The number of hydrogen-bond acceptors (Lipinski definition) is 4.